The van der Waals surface area contributed by atoms with Crippen LogP contribution in [0.4, 0.5) is 0 Å². The van der Waals surface area contributed by atoms with Crippen molar-refractivity contribution in [3.8, 4) is 0 Å². The molecule has 0 radical (unpaired) electrons. The zero-order valence-corrected chi connectivity index (χ0v) is 13.8. The molecular formula is C16H30S2. The summed E-state index contributed by atoms with van der Waals surface area (Å²) in [5.74, 6) is 2.31. The summed E-state index contributed by atoms with van der Waals surface area (Å²) in [6.45, 7) is 4.51. The van der Waals surface area contributed by atoms with Crippen molar-refractivity contribution in [2.75, 3.05) is 11.5 Å². The zero-order valence-electron chi connectivity index (χ0n) is 12.2. The van der Waals surface area contributed by atoms with Gasteiger partial charge in [-0.15, -0.1) is 0 Å². The van der Waals surface area contributed by atoms with Gasteiger partial charge in [0, 0.05) is 11.5 Å². The van der Waals surface area contributed by atoms with Gasteiger partial charge < -0.3 is 0 Å². The molecule has 0 bridgehead atoms. The minimum atomic E-state index is 1.15. The van der Waals surface area contributed by atoms with E-state index >= 15 is 0 Å². The molecular weight excluding hydrogens is 256 g/mol. The van der Waals surface area contributed by atoms with Crippen molar-refractivity contribution in [3.63, 3.8) is 0 Å². The first-order valence-electron chi connectivity index (χ1n) is 7.46. The molecule has 0 heterocycles. The van der Waals surface area contributed by atoms with Gasteiger partial charge in [0.15, 0.2) is 0 Å². The summed E-state index contributed by atoms with van der Waals surface area (Å²) in [4.78, 5) is 0. The Bertz CT molecular complexity index is 175. The molecule has 2 heteroatoms. The van der Waals surface area contributed by atoms with Gasteiger partial charge in [-0.3, -0.25) is 0 Å². The first-order chi connectivity index (χ1) is 8.91. The van der Waals surface area contributed by atoms with Crippen molar-refractivity contribution in [1.82, 2.24) is 0 Å². The predicted octanol–water partition coefficient (Wildman–Crippen LogP) is 6.64. The number of hydrogen-bond donors (Lipinski definition) is 0. The van der Waals surface area contributed by atoms with Gasteiger partial charge in [0.05, 0.1) is 0 Å². The van der Waals surface area contributed by atoms with Crippen molar-refractivity contribution in [2.24, 2.45) is 0 Å². The molecule has 0 saturated carbocycles. The van der Waals surface area contributed by atoms with Crippen LogP contribution >= 0.6 is 21.6 Å². The van der Waals surface area contributed by atoms with E-state index in [0.29, 0.717) is 0 Å². The van der Waals surface area contributed by atoms with Gasteiger partial charge in [0.1, 0.15) is 0 Å². The standard InChI is InChI=1S/C16H30S2/c1-3-5-7-9-11-13-15-17-18-16-14-12-10-8-6-4-2/h11-14H,3-10,15-16H2,1-2H3. The molecule has 0 saturated heterocycles. The lowest BCUT2D eigenvalue weighted by Crippen LogP contribution is -1.74. The molecule has 0 aliphatic rings. The Morgan fingerprint density at radius 1 is 0.611 bits per heavy atom. The van der Waals surface area contributed by atoms with E-state index in [1.807, 2.05) is 21.6 Å². The third-order valence-electron chi connectivity index (χ3n) is 2.69. The van der Waals surface area contributed by atoms with E-state index < -0.39 is 0 Å². The molecule has 0 atom stereocenters. The Hall–Kier alpha value is 0.180. The maximum absolute atomic E-state index is 2.34. The van der Waals surface area contributed by atoms with Crippen LogP contribution in [0.1, 0.15) is 65.2 Å². The Morgan fingerprint density at radius 2 is 1.06 bits per heavy atom. The van der Waals surface area contributed by atoms with E-state index in [1.165, 1.54) is 51.4 Å². The highest BCUT2D eigenvalue weighted by molar-refractivity contribution is 8.76. The molecule has 0 aromatic rings. The maximum atomic E-state index is 2.34. The monoisotopic (exact) mass is 286 g/mol. The highest BCUT2D eigenvalue weighted by Gasteiger charge is 1.86. The second-order valence-electron chi connectivity index (χ2n) is 4.50. The van der Waals surface area contributed by atoms with E-state index in [2.05, 4.69) is 38.2 Å². The van der Waals surface area contributed by atoms with Crippen LogP contribution in [0.15, 0.2) is 24.3 Å². The van der Waals surface area contributed by atoms with Crippen LogP contribution in [0.25, 0.3) is 0 Å². The summed E-state index contributed by atoms with van der Waals surface area (Å²) in [5.41, 5.74) is 0. The van der Waals surface area contributed by atoms with Crippen molar-refractivity contribution < 1.29 is 0 Å². The molecule has 0 spiro atoms. The van der Waals surface area contributed by atoms with Crippen LogP contribution in [-0.4, -0.2) is 11.5 Å². The summed E-state index contributed by atoms with van der Waals surface area (Å²) in [5, 5.41) is 0. The van der Waals surface area contributed by atoms with Crippen molar-refractivity contribution in [1.29, 1.82) is 0 Å². The molecule has 0 fully saturated rings. The van der Waals surface area contributed by atoms with E-state index in [-0.39, 0.29) is 0 Å². The molecule has 0 unspecified atom stereocenters. The zero-order chi connectivity index (χ0) is 13.3. The van der Waals surface area contributed by atoms with Crippen molar-refractivity contribution in [3.05, 3.63) is 24.3 Å². The Labute approximate surface area is 122 Å². The van der Waals surface area contributed by atoms with Crippen LogP contribution in [0, 0.1) is 0 Å². The fourth-order valence-corrected chi connectivity index (χ4v) is 3.24. The Morgan fingerprint density at radius 3 is 1.44 bits per heavy atom. The molecule has 0 amide bonds. The lowest BCUT2D eigenvalue weighted by atomic mass is 10.2. The molecule has 0 nitrogen and oxygen atoms in total. The minimum Gasteiger partial charge on any atom is -0.0897 e. The van der Waals surface area contributed by atoms with E-state index in [9.17, 15) is 0 Å². The molecule has 0 aromatic heterocycles. The van der Waals surface area contributed by atoms with E-state index in [1.54, 1.807) is 0 Å². The Kier molecular flexibility index (Phi) is 17.4. The fourth-order valence-electron chi connectivity index (χ4n) is 1.57. The highest BCUT2D eigenvalue weighted by atomic mass is 33.1. The third kappa shape index (κ3) is 16.2. The van der Waals surface area contributed by atoms with Crippen molar-refractivity contribution >= 4 is 21.6 Å². The molecule has 0 rings (SSSR count). The molecule has 0 N–H and O–H groups in total. The summed E-state index contributed by atoms with van der Waals surface area (Å²) >= 11 is 0. The average molecular weight is 287 g/mol. The average Bonchev–Trinajstić information content (AvgIpc) is 2.39. The van der Waals surface area contributed by atoms with E-state index in [4.69, 9.17) is 0 Å². The second kappa shape index (κ2) is 17.2. The number of rotatable bonds is 13. The normalized spacial score (nSPS) is 11.9. The van der Waals surface area contributed by atoms with E-state index in [0.717, 1.165) is 11.5 Å². The van der Waals surface area contributed by atoms with Gasteiger partial charge >= 0.3 is 0 Å². The molecule has 0 aliphatic heterocycles. The van der Waals surface area contributed by atoms with Gasteiger partial charge in [-0.1, -0.05) is 85.4 Å². The molecule has 18 heavy (non-hydrogen) atoms. The molecule has 0 aliphatic carbocycles. The van der Waals surface area contributed by atoms with Crippen LogP contribution < -0.4 is 0 Å². The Balaban J connectivity index is 3.10. The SMILES string of the molecule is CCCCCC=CCSSCC=CCCCCC. The maximum Gasteiger partial charge on any atom is 0.0217 e. The number of hydrogen-bond acceptors (Lipinski definition) is 2. The van der Waals surface area contributed by atoms with Crippen molar-refractivity contribution in [2.45, 2.75) is 65.2 Å². The topological polar surface area (TPSA) is 0 Å². The summed E-state index contributed by atoms with van der Waals surface area (Å²) < 4.78 is 0. The van der Waals surface area contributed by atoms with Crippen LogP contribution in [0.3, 0.4) is 0 Å². The summed E-state index contributed by atoms with van der Waals surface area (Å²) in [6, 6.07) is 0. The van der Waals surface area contributed by atoms with Gasteiger partial charge in [0.2, 0.25) is 0 Å². The predicted molar refractivity (Wildman–Crippen MR) is 91.5 cm³/mol. The van der Waals surface area contributed by atoms with Gasteiger partial charge in [0.25, 0.3) is 0 Å². The smallest absolute Gasteiger partial charge is 0.0217 e. The van der Waals surface area contributed by atoms with Gasteiger partial charge in [-0.2, -0.15) is 0 Å². The third-order valence-corrected chi connectivity index (χ3v) is 4.83. The summed E-state index contributed by atoms with van der Waals surface area (Å²) in [6.07, 6.45) is 19.9. The number of unbranched alkanes of at least 4 members (excludes halogenated alkanes) is 6. The second-order valence-corrected chi connectivity index (χ2v) is 7.06. The van der Waals surface area contributed by atoms with Gasteiger partial charge in [-0.05, 0) is 25.7 Å². The quantitative estimate of drug-likeness (QED) is 0.211. The lowest BCUT2D eigenvalue weighted by molar-refractivity contribution is 0.729. The molecule has 106 valence electrons. The number of allylic oxidation sites excluding steroid dienone is 2. The first-order valence-corrected chi connectivity index (χ1v) is 9.95. The highest BCUT2D eigenvalue weighted by Crippen LogP contribution is 2.21. The minimum absolute atomic E-state index is 1.15. The summed E-state index contributed by atoms with van der Waals surface area (Å²) in [7, 11) is 3.93. The fraction of sp³-hybridized carbons (Fsp3) is 0.750. The first kappa shape index (κ1) is 18.2. The lowest BCUT2D eigenvalue weighted by Gasteiger charge is -1.95. The van der Waals surface area contributed by atoms with Gasteiger partial charge in [-0.25, -0.2) is 0 Å². The molecule has 0 aromatic carbocycles. The largest absolute Gasteiger partial charge is 0.0897 e. The van der Waals surface area contributed by atoms with Crippen LogP contribution in [-0.2, 0) is 0 Å². The van der Waals surface area contributed by atoms with Crippen LogP contribution in [0.5, 0.6) is 0 Å². The van der Waals surface area contributed by atoms with Crippen LogP contribution in [0.2, 0.25) is 0 Å².